The Hall–Kier alpha value is -2.13. The van der Waals surface area contributed by atoms with Crippen LogP contribution in [0, 0.1) is 0 Å². The summed E-state index contributed by atoms with van der Waals surface area (Å²) in [5, 5.41) is 6.35. The maximum absolute atomic E-state index is 11.4. The van der Waals surface area contributed by atoms with Gasteiger partial charge in [0.05, 0.1) is 35.2 Å². The van der Waals surface area contributed by atoms with Gasteiger partial charge in [0.1, 0.15) is 11.5 Å². The number of aromatic nitrogens is 4. The number of benzene rings is 1. The highest BCUT2D eigenvalue weighted by molar-refractivity contribution is 7.98. The first-order chi connectivity index (χ1) is 16.5. The zero-order valence-corrected chi connectivity index (χ0v) is 21.0. The topological polar surface area (TPSA) is 73.1 Å². The average molecular weight is 516 g/mol. The Morgan fingerprint density at radius 2 is 2.09 bits per heavy atom. The lowest BCUT2D eigenvalue weighted by atomic mass is 9.87. The summed E-state index contributed by atoms with van der Waals surface area (Å²) in [6.07, 6.45) is 6.08. The first-order valence-corrected chi connectivity index (χ1v) is 13.3. The second kappa shape index (κ2) is 8.52. The van der Waals surface area contributed by atoms with E-state index in [9.17, 15) is 4.79 Å². The fraction of sp³-hybridized carbons (Fsp3) is 0.417. The van der Waals surface area contributed by atoms with Gasteiger partial charge in [0.25, 0.3) is 0 Å². The Morgan fingerprint density at radius 3 is 2.91 bits per heavy atom. The molecule has 1 aliphatic carbocycles. The summed E-state index contributed by atoms with van der Waals surface area (Å²) in [6.45, 7) is 2.48. The summed E-state index contributed by atoms with van der Waals surface area (Å²) in [5.41, 5.74) is 5.17. The number of hydrogen-bond acceptors (Lipinski definition) is 7. The van der Waals surface area contributed by atoms with Gasteiger partial charge in [0, 0.05) is 30.1 Å². The molecule has 1 spiro atoms. The van der Waals surface area contributed by atoms with E-state index in [1.807, 2.05) is 23.1 Å². The molecule has 0 amide bonds. The molecule has 2 aromatic heterocycles. The third-order valence-corrected chi connectivity index (χ3v) is 8.45. The summed E-state index contributed by atoms with van der Waals surface area (Å²) in [7, 11) is 0. The number of nitrogens with zero attached hydrogens (tertiary/aromatic N) is 5. The van der Waals surface area contributed by atoms with Crippen molar-refractivity contribution in [2.45, 2.75) is 56.1 Å². The van der Waals surface area contributed by atoms with Gasteiger partial charge in [-0.1, -0.05) is 47.1 Å². The maximum Gasteiger partial charge on any atom is 0.189 e. The minimum atomic E-state index is -0.395. The molecule has 1 atom stereocenters. The van der Waals surface area contributed by atoms with Gasteiger partial charge >= 0.3 is 0 Å². The van der Waals surface area contributed by atoms with Crippen molar-refractivity contribution in [3.05, 3.63) is 62.0 Å². The van der Waals surface area contributed by atoms with Gasteiger partial charge in [-0.3, -0.25) is 9.48 Å². The van der Waals surface area contributed by atoms with E-state index in [0.29, 0.717) is 37.4 Å². The number of rotatable bonds is 3. The Bertz CT molecular complexity index is 1310. The second-order valence-electron chi connectivity index (χ2n) is 8.95. The van der Waals surface area contributed by atoms with Crippen LogP contribution in [0.4, 0.5) is 5.82 Å². The SMILES string of the molecule is CSc1nc2c(c(N3CCCn4nc(C=O)c(Cl)c4C3)n1)CO[C@@]1(CCc3c(Cl)cccc31)C2. The molecule has 1 aromatic carbocycles. The molecular formula is C24H23Cl2N5O2S. The Labute approximate surface area is 211 Å². The molecule has 0 N–H and O–H groups in total. The van der Waals surface area contributed by atoms with Crippen LogP contribution in [0.1, 0.15) is 51.4 Å². The quantitative estimate of drug-likeness (QED) is 0.280. The average Bonchev–Trinajstić information content (AvgIpc) is 3.26. The number of aldehydes is 1. The predicted octanol–water partition coefficient (Wildman–Crippen LogP) is 4.84. The Kier molecular flexibility index (Phi) is 5.60. The van der Waals surface area contributed by atoms with Crippen molar-refractivity contribution in [3.63, 3.8) is 0 Å². The van der Waals surface area contributed by atoms with Crippen LogP contribution >= 0.6 is 35.0 Å². The van der Waals surface area contributed by atoms with E-state index in [-0.39, 0.29) is 5.69 Å². The molecule has 0 bridgehead atoms. The van der Waals surface area contributed by atoms with E-state index in [1.54, 1.807) is 0 Å². The molecule has 0 fully saturated rings. The van der Waals surface area contributed by atoms with Gasteiger partial charge in [0.15, 0.2) is 11.4 Å². The fourth-order valence-electron chi connectivity index (χ4n) is 5.47. The molecule has 0 unspecified atom stereocenters. The van der Waals surface area contributed by atoms with Crippen molar-refractivity contribution >= 4 is 47.1 Å². The van der Waals surface area contributed by atoms with Crippen LogP contribution in [0.2, 0.25) is 10.0 Å². The number of aryl methyl sites for hydroxylation is 1. The molecule has 0 radical (unpaired) electrons. The molecule has 34 heavy (non-hydrogen) atoms. The number of thioether (sulfide) groups is 1. The largest absolute Gasteiger partial charge is 0.365 e. The highest BCUT2D eigenvalue weighted by Crippen LogP contribution is 2.48. The number of hydrogen-bond donors (Lipinski definition) is 0. The Morgan fingerprint density at radius 1 is 1.21 bits per heavy atom. The van der Waals surface area contributed by atoms with Crippen molar-refractivity contribution < 1.29 is 9.53 Å². The zero-order chi connectivity index (χ0) is 23.4. The number of fused-ring (bicyclic) bond motifs is 4. The van der Waals surface area contributed by atoms with E-state index in [0.717, 1.165) is 58.8 Å². The van der Waals surface area contributed by atoms with Crippen molar-refractivity contribution in [3.8, 4) is 0 Å². The summed E-state index contributed by atoms with van der Waals surface area (Å²) < 4.78 is 8.47. The first kappa shape index (κ1) is 22.3. The summed E-state index contributed by atoms with van der Waals surface area (Å²) in [6, 6.07) is 6.09. The van der Waals surface area contributed by atoms with Gasteiger partial charge in [-0.2, -0.15) is 5.10 Å². The van der Waals surface area contributed by atoms with E-state index in [2.05, 4.69) is 16.1 Å². The van der Waals surface area contributed by atoms with Crippen LogP contribution in [0.5, 0.6) is 0 Å². The normalized spacial score (nSPS) is 21.2. The molecule has 10 heteroatoms. The van der Waals surface area contributed by atoms with Crippen LogP contribution in [-0.4, -0.2) is 38.8 Å². The molecule has 2 aliphatic heterocycles. The van der Waals surface area contributed by atoms with Gasteiger partial charge in [0.2, 0.25) is 0 Å². The Balaban J connectivity index is 1.40. The van der Waals surface area contributed by atoms with Crippen molar-refractivity contribution in [1.29, 1.82) is 0 Å². The molecule has 7 nitrogen and oxygen atoms in total. The van der Waals surface area contributed by atoms with E-state index in [1.165, 1.54) is 22.9 Å². The third kappa shape index (κ3) is 3.46. The number of ether oxygens (including phenoxy) is 1. The molecule has 0 saturated carbocycles. The number of halogens is 2. The minimum Gasteiger partial charge on any atom is -0.365 e. The van der Waals surface area contributed by atoms with Crippen LogP contribution in [0.15, 0.2) is 23.4 Å². The number of anilines is 1. The lowest BCUT2D eigenvalue weighted by Gasteiger charge is -2.37. The van der Waals surface area contributed by atoms with Gasteiger partial charge in [-0.25, -0.2) is 9.97 Å². The van der Waals surface area contributed by atoms with Crippen LogP contribution in [0.3, 0.4) is 0 Å². The highest BCUT2D eigenvalue weighted by Gasteiger charge is 2.45. The van der Waals surface area contributed by atoms with Gasteiger partial charge in [-0.05, 0) is 42.7 Å². The molecule has 3 aromatic rings. The molecule has 6 rings (SSSR count). The lowest BCUT2D eigenvalue weighted by Crippen LogP contribution is -2.36. The summed E-state index contributed by atoms with van der Waals surface area (Å²) >= 11 is 14.5. The summed E-state index contributed by atoms with van der Waals surface area (Å²) in [4.78, 5) is 23.4. The van der Waals surface area contributed by atoms with Crippen LogP contribution < -0.4 is 4.90 Å². The smallest absolute Gasteiger partial charge is 0.189 e. The van der Waals surface area contributed by atoms with Crippen molar-refractivity contribution in [2.75, 3.05) is 17.7 Å². The molecule has 4 heterocycles. The van der Waals surface area contributed by atoms with Crippen molar-refractivity contribution in [1.82, 2.24) is 19.7 Å². The summed E-state index contributed by atoms with van der Waals surface area (Å²) in [5.74, 6) is 0.881. The van der Waals surface area contributed by atoms with E-state index in [4.69, 9.17) is 37.9 Å². The molecule has 3 aliphatic rings. The highest BCUT2D eigenvalue weighted by atomic mass is 35.5. The van der Waals surface area contributed by atoms with E-state index < -0.39 is 5.60 Å². The number of carbonyl (C=O) groups is 1. The molecular weight excluding hydrogens is 493 g/mol. The van der Waals surface area contributed by atoms with Crippen LogP contribution in [-0.2, 0) is 42.9 Å². The number of carbonyl (C=O) groups excluding carboxylic acids is 1. The van der Waals surface area contributed by atoms with Crippen LogP contribution in [0.25, 0.3) is 0 Å². The third-order valence-electron chi connectivity index (χ3n) is 7.14. The molecule has 0 saturated heterocycles. The maximum atomic E-state index is 11.4. The lowest BCUT2D eigenvalue weighted by molar-refractivity contribution is -0.0730. The van der Waals surface area contributed by atoms with E-state index >= 15 is 0 Å². The van der Waals surface area contributed by atoms with Gasteiger partial charge < -0.3 is 9.64 Å². The van der Waals surface area contributed by atoms with Crippen molar-refractivity contribution in [2.24, 2.45) is 0 Å². The predicted molar refractivity (Wildman–Crippen MR) is 132 cm³/mol. The fourth-order valence-corrected chi connectivity index (χ4v) is 6.36. The minimum absolute atomic E-state index is 0.289. The van der Waals surface area contributed by atoms with Gasteiger partial charge in [-0.15, -0.1) is 0 Å². The second-order valence-corrected chi connectivity index (χ2v) is 10.5. The standard InChI is InChI=1S/C24H23Cl2N5O2S/c1-34-23-27-18-10-24(7-6-14-16(24)4-2-5-17(14)25)33-13-15(18)22(28-23)30-8-3-9-31-20(11-30)21(26)19(12-32)29-31/h2,4-5,12H,3,6-11,13H2,1H3/t24-/m0/s1. The molecule has 176 valence electrons. The zero-order valence-electron chi connectivity index (χ0n) is 18.7. The monoisotopic (exact) mass is 515 g/mol. The first-order valence-electron chi connectivity index (χ1n) is 11.3.